The molecule has 2 aromatic rings. The van der Waals surface area contributed by atoms with E-state index in [4.69, 9.17) is 16.3 Å². The Morgan fingerprint density at radius 3 is 2.28 bits per heavy atom. The molecule has 2 fully saturated rings. The number of anilines is 2. The van der Waals surface area contributed by atoms with E-state index in [9.17, 15) is 9.59 Å². The van der Waals surface area contributed by atoms with E-state index in [0.717, 1.165) is 67.0 Å². The number of carbonyl (C=O) groups excluding carboxylic acids is 2. The number of nitrogens with one attached hydrogen (secondary N) is 1. The van der Waals surface area contributed by atoms with Gasteiger partial charge in [0.05, 0.1) is 11.3 Å². The fourth-order valence-corrected chi connectivity index (χ4v) is 6.15. The molecule has 2 amide bonds. The molecule has 39 heavy (non-hydrogen) atoms. The fraction of sp³-hybridized carbons (Fsp3) is 0.567. The number of likely N-dealkylation sites (tertiary alicyclic amines) is 1. The van der Waals surface area contributed by atoms with Crippen molar-refractivity contribution in [2.24, 2.45) is 11.8 Å². The van der Waals surface area contributed by atoms with Crippen LogP contribution in [0.3, 0.4) is 0 Å². The van der Waals surface area contributed by atoms with Crippen LogP contribution < -0.4 is 10.2 Å². The molecule has 0 radical (unpaired) electrons. The molecule has 1 aromatic carbocycles. The molecule has 4 rings (SSSR count). The molecule has 1 aromatic heterocycles. The first kappa shape index (κ1) is 29.9. The van der Waals surface area contributed by atoms with Gasteiger partial charge in [0.1, 0.15) is 16.6 Å². The average Bonchev–Trinajstić information content (AvgIpc) is 2.88. The highest BCUT2D eigenvalue weighted by Crippen LogP contribution is 2.32. The molecule has 2 aliphatic heterocycles. The van der Waals surface area contributed by atoms with E-state index in [-0.39, 0.29) is 12.0 Å². The van der Waals surface area contributed by atoms with Crippen molar-refractivity contribution in [1.29, 1.82) is 0 Å². The Bertz CT molecular complexity index is 1140. The summed E-state index contributed by atoms with van der Waals surface area (Å²) in [5.74, 6) is 1.70. The quantitative estimate of drug-likeness (QED) is 0.243. The SMILES string of the molecule is CC(C)(C)OC(=O)N1CCC(CCCC2CCN(c3cc(I)ccc3C(=O)Nc3cccc(Cl)n3)CC2)CC1. The maximum absolute atomic E-state index is 13.1. The summed E-state index contributed by atoms with van der Waals surface area (Å²) >= 11 is 8.29. The topological polar surface area (TPSA) is 74.8 Å². The molecule has 212 valence electrons. The summed E-state index contributed by atoms with van der Waals surface area (Å²) in [7, 11) is 0. The van der Waals surface area contributed by atoms with Gasteiger partial charge in [-0.15, -0.1) is 0 Å². The van der Waals surface area contributed by atoms with Crippen LogP contribution in [0.4, 0.5) is 16.3 Å². The largest absolute Gasteiger partial charge is 0.444 e. The maximum Gasteiger partial charge on any atom is 0.410 e. The molecule has 0 unspecified atom stereocenters. The minimum atomic E-state index is -0.440. The standard InChI is InChI=1S/C30H40ClIN4O3/c1-30(2,3)39-29(38)36-18-14-22(15-19-36)7-4-6-21-12-16-35(17-13-21)25-20-23(32)10-11-24(25)28(37)34-27-9-5-8-26(31)33-27/h5,8-11,20-22H,4,6-7,12-19H2,1-3H3,(H,33,34,37). The second kappa shape index (κ2) is 13.5. The molecule has 9 heteroatoms. The predicted octanol–water partition coefficient (Wildman–Crippen LogP) is 7.63. The van der Waals surface area contributed by atoms with Gasteiger partial charge in [0, 0.05) is 29.7 Å². The Morgan fingerprint density at radius 1 is 1.03 bits per heavy atom. The molecule has 1 N–H and O–H groups in total. The predicted molar refractivity (Wildman–Crippen MR) is 166 cm³/mol. The second-order valence-electron chi connectivity index (χ2n) is 11.7. The summed E-state index contributed by atoms with van der Waals surface area (Å²) in [6.07, 6.45) is 7.97. The Balaban J connectivity index is 1.22. The minimum Gasteiger partial charge on any atom is -0.444 e. The van der Waals surface area contributed by atoms with Crippen molar-refractivity contribution in [3.63, 3.8) is 0 Å². The monoisotopic (exact) mass is 666 g/mol. The van der Waals surface area contributed by atoms with E-state index in [1.165, 1.54) is 19.3 Å². The van der Waals surface area contributed by atoms with E-state index in [0.29, 0.717) is 22.5 Å². The van der Waals surface area contributed by atoms with Crippen LogP contribution in [0.2, 0.25) is 5.15 Å². The van der Waals surface area contributed by atoms with Crippen LogP contribution in [0.15, 0.2) is 36.4 Å². The molecular formula is C30H40ClIN4O3. The normalized spacial score (nSPS) is 17.3. The van der Waals surface area contributed by atoms with Crippen molar-refractivity contribution in [2.45, 2.75) is 71.3 Å². The van der Waals surface area contributed by atoms with Gasteiger partial charge in [-0.3, -0.25) is 4.79 Å². The summed E-state index contributed by atoms with van der Waals surface area (Å²) < 4.78 is 6.64. The number of carbonyl (C=O) groups is 2. The molecule has 0 bridgehead atoms. The number of rotatable bonds is 7. The number of aromatic nitrogens is 1. The Kier molecular flexibility index (Phi) is 10.4. The van der Waals surface area contributed by atoms with Crippen LogP contribution in [0.1, 0.15) is 76.1 Å². The number of pyridine rings is 1. The van der Waals surface area contributed by atoms with Crippen LogP contribution >= 0.6 is 34.2 Å². The number of hydrogen-bond acceptors (Lipinski definition) is 5. The van der Waals surface area contributed by atoms with Gasteiger partial charge in [0.15, 0.2) is 0 Å². The third-order valence-corrected chi connectivity index (χ3v) is 8.49. The lowest BCUT2D eigenvalue weighted by Crippen LogP contribution is -2.41. The maximum atomic E-state index is 13.1. The van der Waals surface area contributed by atoms with Crippen LogP contribution in [-0.4, -0.2) is 53.7 Å². The summed E-state index contributed by atoms with van der Waals surface area (Å²) in [4.78, 5) is 33.8. The molecule has 7 nitrogen and oxygen atoms in total. The van der Waals surface area contributed by atoms with Gasteiger partial charge in [-0.05, 0) is 111 Å². The molecule has 0 atom stereocenters. The number of ether oxygens (including phenoxy) is 1. The number of amides is 2. The van der Waals surface area contributed by atoms with Gasteiger partial charge < -0.3 is 19.9 Å². The lowest BCUT2D eigenvalue weighted by molar-refractivity contribution is 0.0180. The Labute approximate surface area is 251 Å². The molecular weight excluding hydrogens is 627 g/mol. The molecule has 0 saturated carbocycles. The average molecular weight is 667 g/mol. The highest BCUT2D eigenvalue weighted by molar-refractivity contribution is 14.1. The van der Waals surface area contributed by atoms with Gasteiger partial charge in [-0.25, -0.2) is 9.78 Å². The van der Waals surface area contributed by atoms with Gasteiger partial charge >= 0.3 is 6.09 Å². The van der Waals surface area contributed by atoms with Crippen molar-refractivity contribution in [2.75, 3.05) is 36.4 Å². The van der Waals surface area contributed by atoms with Crippen LogP contribution in [-0.2, 0) is 4.74 Å². The zero-order valence-electron chi connectivity index (χ0n) is 23.2. The Hall–Kier alpha value is -2.07. The van der Waals surface area contributed by atoms with E-state index in [1.807, 2.05) is 37.8 Å². The Morgan fingerprint density at radius 2 is 1.67 bits per heavy atom. The third kappa shape index (κ3) is 8.96. The summed E-state index contributed by atoms with van der Waals surface area (Å²) in [5, 5.41) is 3.24. The lowest BCUT2D eigenvalue weighted by Gasteiger charge is -2.35. The number of hydrogen-bond donors (Lipinski definition) is 1. The molecule has 0 spiro atoms. The molecule has 2 aliphatic rings. The number of piperidine rings is 2. The van der Waals surface area contributed by atoms with Gasteiger partial charge in [-0.1, -0.05) is 36.9 Å². The van der Waals surface area contributed by atoms with Crippen LogP contribution in [0.25, 0.3) is 0 Å². The van der Waals surface area contributed by atoms with Gasteiger partial charge in [-0.2, -0.15) is 0 Å². The van der Waals surface area contributed by atoms with Gasteiger partial charge in [0.25, 0.3) is 5.91 Å². The number of nitrogens with zero attached hydrogens (tertiary/aromatic N) is 3. The van der Waals surface area contributed by atoms with Crippen molar-refractivity contribution in [3.05, 3.63) is 50.7 Å². The van der Waals surface area contributed by atoms with Crippen LogP contribution in [0, 0.1) is 15.4 Å². The number of halogens is 2. The zero-order valence-corrected chi connectivity index (χ0v) is 26.1. The van der Waals surface area contributed by atoms with Crippen molar-refractivity contribution < 1.29 is 14.3 Å². The fourth-order valence-electron chi connectivity index (χ4n) is 5.51. The molecule has 3 heterocycles. The van der Waals surface area contributed by atoms with E-state index in [2.05, 4.69) is 43.9 Å². The first-order valence-electron chi connectivity index (χ1n) is 14.0. The third-order valence-electron chi connectivity index (χ3n) is 7.61. The van der Waals surface area contributed by atoms with E-state index >= 15 is 0 Å². The first-order valence-corrected chi connectivity index (χ1v) is 15.5. The highest BCUT2D eigenvalue weighted by atomic mass is 127. The van der Waals surface area contributed by atoms with Crippen LogP contribution in [0.5, 0.6) is 0 Å². The molecule has 2 saturated heterocycles. The second-order valence-corrected chi connectivity index (χ2v) is 13.4. The van der Waals surface area contributed by atoms with E-state index < -0.39 is 5.60 Å². The number of benzene rings is 1. The van der Waals surface area contributed by atoms with E-state index in [1.54, 1.807) is 18.2 Å². The van der Waals surface area contributed by atoms with Crippen molar-refractivity contribution >= 4 is 57.7 Å². The van der Waals surface area contributed by atoms with Gasteiger partial charge in [0.2, 0.25) is 0 Å². The van der Waals surface area contributed by atoms with Crippen molar-refractivity contribution in [1.82, 2.24) is 9.88 Å². The summed E-state index contributed by atoms with van der Waals surface area (Å²) in [6.45, 7) is 9.26. The highest BCUT2D eigenvalue weighted by Gasteiger charge is 2.28. The lowest BCUT2D eigenvalue weighted by atomic mass is 9.86. The smallest absolute Gasteiger partial charge is 0.410 e. The summed E-state index contributed by atoms with van der Waals surface area (Å²) in [5.41, 5.74) is 1.20. The molecule has 0 aliphatic carbocycles. The van der Waals surface area contributed by atoms with Crippen molar-refractivity contribution in [3.8, 4) is 0 Å². The minimum absolute atomic E-state index is 0.170. The summed E-state index contributed by atoms with van der Waals surface area (Å²) in [6, 6.07) is 11.2. The zero-order chi connectivity index (χ0) is 28.0. The first-order chi connectivity index (χ1) is 18.6.